The quantitative estimate of drug-likeness (QED) is 0.479. The molecule has 2 atom stereocenters. The molecule has 70 valence electrons. The van der Waals surface area contributed by atoms with E-state index in [-0.39, 0.29) is 16.4 Å². The molecule has 0 heterocycles. The van der Waals surface area contributed by atoms with E-state index in [4.69, 9.17) is 5.73 Å². The number of carbonyl (C=O) groups is 1. The summed E-state index contributed by atoms with van der Waals surface area (Å²) in [5.74, 6) is 0.563. The SMILES string of the molecule is NC(=S)NC(=O)C12C=CC(CC1)C2. The van der Waals surface area contributed by atoms with Crippen molar-refractivity contribution in [3.05, 3.63) is 12.2 Å². The van der Waals surface area contributed by atoms with E-state index < -0.39 is 0 Å². The van der Waals surface area contributed by atoms with Crippen molar-refractivity contribution < 1.29 is 4.79 Å². The van der Waals surface area contributed by atoms with E-state index in [2.05, 4.69) is 23.6 Å². The highest BCUT2D eigenvalue weighted by molar-refractivity contribution is 7.80. The van der Waals surface area contributed by atoms with Gasteiger partial charge in [-0.05, 0) is 37.4 Å². The van der Waals surface area contributed by atoms with E-state index in [0.717, 1.165) is 19.3 Å². The molecule has 1 saturated carbocycles. The van der Waals surface area contributed by atoms with Crippen LogP contribution in [0.4, 0.5) is 0 Å². The average Bonchev–Trinajstić information content (AvgIpc) is 2.62. The van der Waals surface area contributed by atoms with E-state index in [1.54, 1.807) is 0 Å². The van der Waals surface area contributed by atoms with Gasteiger partial charge in [-0.25, -0.2) is 0 Å². The Morgan fingerprint density at radius 2 is 2.46 bits per heavy atom. The number of hydrogen-bond donors (Lipinski definition) is 2. The van der Waals surface area contributed by atoms with E-state index in [1.807, 2.05) is 6.08 Å². The van der Waals surface area contributed by atoms with Gasteiger partial charge in [0.25, 0.3) is 0 Å². The van der Waals surface area contributed by atoms with Gasteiger partial charge < -0.3 is 11.1 Å². The summed E-state index contributed by atoms with van der Waals surface area (Å²) in [6, 6.07) is 0. The molecule has 13 heavy (non-hydrogen) atoms. The maximum Gasteiger partial charge on any atom is 0.236 e. The molecule has 2 aliphatic carbocycles. The van der Waals surface area contributed by atoms with Gasteiger partial charge in [0.2, 0.25) is 5.91 Å². The van der Waals surface area contributed by atoms with Crippen LogP contribution in [-0.4, -0.2) is 11.0 Å². The number of carbonyl (C=O) groups excluding carboxylic acids is 1. The molecule has 1 fully saturated rings. The summed E-state index contributed by atoms with van der Waals surface area (Å²) < 4.78 is 0. The number of nitrogens with two attached hydrogens (primary N) is 1. The molecule has 4 heteroatoms. The van der Waals surface area contributed by atoms with Crippen molar-refractivity contribution in [3.63, 3.8) is 0 Å². The van der Waals surface area contributed by atoms with Crippen molar-refractivity contribution in [2.24, 2.45) is 17.1 Å². The maximum atomic E-state index is 11.7. The third-order valence-corrected chi connectivity index (χ3v) is 3.07. The Kier molecular flexibility index (Phi) is 1.87. The molecule has 2 unspecified atom stereocenters. The summed E-state index contributed by atoms with van der Waals surface area (Å²) >= 11 is 4.64. The predicted octanol–water partition coefficient (Wildman–Crippen LogP) is 0.702. The van der Waals surface area contributed by atoms with Gasteiger partial charge in [-0.1, -0.05) is 12.2 Å². The molecule has 0 saturated heterocycles. The van der Waals surface area contributed by atoms with Crippen LogP contribution in [0.5, 0.6) is 0 Å². The highest BCUT2D eigenvalue weighted by Crippen LogP contribution is 2.49. The second kappa shape index (κ2) is 2.80. The minimum Gasteiger partial charge on any atom is -0.376 e. The lowest BCUT2D eigenvalue weighted by molar-refractivity contribution is -0.126. The van der Waals surface area contributed by atoms with Crippen molar-refractivity contribution in [2.75, 3.05) is 0 Å². The lowest BCUT2D eigenvalue weighted by Gasteiger charge is -2.21. The first-order valence-corrected chi connectivity index (χ1v) is 4.83. The van der Waals surface area contributed by atoms with Crippen LogP contribution in [0.2, 0.25) is 0 Å². The summed E-state index contributed by atoms with van der Waals surface area (Å²) in [6.07, 6.45) is 7.11. The fraction of sp³-hybridized carbons (Fsp3) is 0.556. The summed E-state index contributed by atoms with van der Waals surface area (Å²) in [5.41, 5.74) is 4.97. The van der Waals surface area contributed by atoms with E-state index in [0.29, 0.717) is 5.92 Å². The lowest BCUT2D eigenvalue weighted by atomic mass is 9.87. The molecule has 0 aromatic heterocycles. The zero-order valence-corrected chi connectivity index (χ0v) is 8.06. The molecule has 2 bridgehead atoms. The van der Waals surface area contributed by atoms with Gasteiger partial charge in [0.1, 0.15) is 0 Å². The van der Waals surface area contributed by atoms with Crippen molar-refractivity contribution in [1.29, 1.82) is 0 Å². The Morgan fingerprint density at radius 3 is 2.85 bits per heavy atom. The normalized spacial score (nSPS) is 34.9. The number of hydrogen-bond acceptors (Lipinski definition) is 2. The highest BCUT2D eigenvalue weighted by atomic mass is 32.1. The minimum absolute atomic E-state index is 0.0312. The number of fused-ring (bicyclic) bond motifs is 2. The predicted molar refractivity (Wildman–Crippen MR) is 53.8 cm³/mol. The fourth-order valence-corrected chi connectivity index (χ4v) is 2.36. The zero-order chi connectivity index (χ0) is 9.47. The van der Waals surface area contributed by atoms with E-state index >= 15 is 0 Å². The number of rotatable bonds is 1. The first-order chi connectivity index (χ1) is 6.12. The Morgan fingerprint density at radius 1 is 1.69 bits per heavy atom. The molecular formula is C9H12N2OS. The van der Waals surface area contributed by atoms with Gasteiger partial charge in [-0.15, -0.1) is 0 Å². The summed E-state index contributed by atoms with van der Waals surface area (Å²) in [6.45, 7) is 0. The third kappa shape index (κ3) is 1.35. The second-order valence-electron chi connectivity index (χ2n) is 3.84. The van der Waals surface area contributed by atoms with Gasteiger partial charge in [-0.2, -0.15) is 0 Å². The van der Waals surface area contributed by atoms with Crippen LogP contribution in [0.25, 0.3) is 0 Å². The van der Waals surface area contributed by atoms with Gasteiger partial charge in [0.15, 0.2) is 5.11 Å². The average molecular weight is 196 g/mol. The summed E-state index contributed by atoms with van der Waals surface area (Å²) in [4.78, 5) is 11.7. The van der Waals surface area contributed by atoms with Gasteiger partial charge in [-0.3, -0.25) is 4.79 Å². The molecule has 2 rings (SSSR count). The molecule has 0 aromatic carbocycles. The molecule has 0 aliphatic heterocycles. The van der Waals surface area contributed by atoms with Gasteiger partial charge in [0.05, 0.1) is 5.41 Å². The van der Waals surface area contributed by atoms with E-state index in [1.165, 1.54) is 0 Å². The second-order valence-corrected chi connectivity index (χ2v) is 4.28. The van der Waals surface area contributed by atoms with Crippen LogP contribution in [-0.2, 0) is 4.79 Å². The summed E-state index contributed by atoms with van der Waals surface area (Å²) in [5, 5.41) is 2.59. The third-order valence-electron chi connectivity index (χ3n) is 2.96. The Labute approximate surface area is 82.4 Å². The smallest absolute Gasteiger partial charge is 0.236 e. The van der Waals surface area contributed by atoms with Gasteiger partial charge >= 0.3 is 0 Å². The fourth-order valence-electron chi connectivity index (χ4n) is 2.27. The monoisotopic (exact) mass is 196 g/mol. The highest BCUT2D eigenvalue weighted by Gasteiger charge is 2.46. The van der Waals surface area contributed by atoms with Crippen molar-refractivity contribution >= 4 is 23.2 Å². The van der Waals surface area contributed by atoms with Crippen LogP contribution in [0.1, 0.15) is 19.3 Å². The number of nitrogens with one attached hydrogen (secondary N) is 1. The maximum absolute atomic E-state index is 11.7. The number of allylic oxidation sites excluding steroid dienone is 1. The first kappa shape index (κ1) is 8.69. The first-order valence-electron chi connectivity index (χ1n) is 4.43. The van der Waals surface area contributed by atoms with Crippen LogP contribution in [0, 0.1) is 11.3 Å². The number of amides is 1. The van der Waals surface area contributed by atoms with Crippen LogP contribution in [0.3, 0.4) is 0 Å². The topological polar surface area (TPSA) is 55.1 Å². The summed E-state index contributed by atoms with van der Waals surface area (Å²) in [7, 11) is 0. The van der Waals surface area contributed by atoms with Crippen molar-refractivity contribution in [3.8, 4) is 0 Å². The standard InChI is InChI=1S/C9H12N2OS/c10-8(13)11-7(12)9-3-1-6(5-9)2-4-9/h1,3,6H,2,4-5H2,(H3,10,11,12,13). The molecule has 2 aliphatic rings. The zero-order valence-electron chi connectivity index (χ0n) is 7.25. The van der Waals surface area contributed by atoms with Crippen molar-refractivity contribution in [2.45, 2.75) is 19.3 Å². The van der Waals surface area contributed by atoms with E-state index in [9.17, 15) is 4.79 Å². The molecule has 0 radical (unpaired) electrons. The minimum atomic E-state index is -0.298. The molecule has 3 N–H and O–H groups in total. The molecule has 1 amide bonds. The van der Waals surface area contributed by atoms with Crippen molar-refractivity contribution in [1.82, 2.24) is 5.32 Å². The molecule has 0 aromatic rings. The molecule has 3 nitrogen and oxygen atoms in total. The number of thiocarbonyl (C=S) groups is 1. The Bertz CT molecular complexity index is 300. The van der Waals surface area contributed by atoms with Crippen LogP contribution in [0.15, 0.2) is 12.2 Å². The molecule has 0 spiro atoms. The largest absolute Gasteiger partial charge is 0.376 e. The lowest BCUT2D eigenvalue weighted by Crippen LogP contribution is -2.43. The Hall–Kier alpha value is -0.900. The van der Waals surface area contributed by atoms with Gasteiger partial charge in [0, 0.05) is 0 Å². The molecular weight excluding hydrogens is 184 g/mol. The van der Waals surface area contributed by atoms with Crippen LogP contribution < -0.4 is 11.1 Å². The Balaban J connectivity index is 2.12. The van der Waals surface area contributed by atoms with Crippen LogP contribution >= 0.6 is 12.2 Å².